The predicted octanol–water partition coefficient (Wildman–Crippen LogP) is 2.90. The largest absolute Gasteiger partial charge is 0.395 e. The lowest BCUT2D eigenvalue weighted by molar-refractivity contribution is 0.147. The molecule has 1 aromatic heterocycles. The van der Waals surface area contributed by atoms with E-state index in [1.165, 1.54) is 15.4 Å². The highest BCUT2D eigenvalue weighted by Gasteiger charge is 2.25. The van der Waals surface area contributed by atoms with Gasteiger partial charge >= 0.3 is 0 Å². The molecule has 4 nitrogen and oxygen atoms in total. The molecule has 0 bridgehead atoms. The van der Waals surface area contributed by atoms with Crippen molar-refractivity contribution < 1.29 is 5.11 Å². The summed E-state index contributed by atoms with van der Waals surface area (Å²) in [7, 11) is 0. The zero-order chi connectivity index (χ0) is 15.6. The van der Waals surface area contributed by atoms with E-state index in [0.717, 1.165) is 44.2 Å². The maximum Gasteiger partial charge on any atom is 0.138 e. The maximum absolute atomic E-state index is 9.10. The first-order chi connectivity index (χ1) is 11.3. The van der Waals surface area contributed by atoms with E-state index in [4.69, 9.17) is 10.1 Å². The van der Waals surface area contributed by atoms with Crippen LogP contribution >= 0.6 is 23.1 Å². The van der Waals surface area contributed by atoms with Gasteiger partial charge in [0.1, 0.15) is 5.84 Å². The van der Waals surface area contributed by atoms with Crippen molar-refractivity contribution in [2.75, 3.05) is 39.3 Å². The lowest BCUT2D eigenvalue weighted by atomic mass is 10.2. The molecule has 4 rings (SSSR count). The van der Waals surface area contributed by atoms with Gasteiger partial charge in [-0.25, -0.2) is 4.99 Å². The average Bonchev–Trinajstić information content (AvgIpc) is 2.97. The molecule has 1 fully saturated rings. The number of amidine groups is 1. The summed E-state index contributed by atoms with van der Waals surface area (Å²) < 4.78 is 0. The van der Waals surface area contributed by atoms with Crippen LogP contribution in [0.1, 0.15) is 5.56 Å². The minimum absolute atomic E-state index is 0.236. The van der Waals surface area contributed by atoms with Gasteiger partial charge in [0, 0.05) is 58.8 Å². The highest BCUT2D eigenvalue weighted by molar-refractivity contribution is 7.99. The number of hydrogen-bond donors (Lipinski definition) is 1. The Morgan fingerprint density at radius 1 is 1.04 bits per heavy atom. The number of β-amino-alcohol motifs (C(OH)–C–C–N with tert-alkyl or cyclic N) is 1. The van der Waals surface area contributed by atoms with E-state index in [1.54, 1.807) is 11.3 Å². The van der Waals surface area contributed by atoms with Gasteiger partial charge in [-0.15, -0.1) is 0 Å². The lowest BCUT2D eigenvalue weighted by Crippen LogP contribution is -2.49. The van der Waals surface area contributed by atoms with E-state index in [-0.39, 0.29) is 6.61 Å². The Kier molecular flexibility index (Phi) is 4.39. The van der Waals surface area contributed by atoms with Crippen molar-refractivity contribution in [3.8, 4) is 0 Å². The van der Waals surface area contributed by atoms with E-state index in [1.807, 2.05) is 11.8 Å². The Morgan fingerprint density at radius 3 is 2.70 bits per heavy atom. The van der Waals surface area contributed by atoms with E-state index in [2.05, 4.69) is 44.8 Å². The zero-order valence-corrected chi connectivity index (χ0v) is 14.4. The SMILES string of the molecule is OCCN1CCN(C2=Nc3ccccc3Sc3cscc32)CC1. The molecule has 1 N–H and O–H groups in total. The Bertz CT molecular complexity index is 720. The number of fused-ring (bicyclic) bond motifs is 2. The molecule has 6 heteroatoms. The highest BCUT2D eigenvalue weighted by atomic mass is 32.2. The molecular formula is C17H19N3OS2. The summed E-state index contributed by atoms with van der Waals surface area (Å²) in [6.07, 6.45) is 0. The third kappa shape index (κ3) is 3.04. The van der Waals surface area contributed by atoms with Crippen LogP contribution in [0, 0.1) is 0 Å². The Hall–Kier alpha value is -1.34. The van der Waals surface area contributed by atoms with Crippen molar-refractivity contribution in [2.45, 2.75) is 9.79 Å². The minimum atomic E-state index is 0.236. The molecule has 0 aliphatic carbocycles. The molecule has 0 spiro atoms. The number of hydrogen-bond acceptors (Lipinski definition) is 6. The van der Waals surface area contributed by atoms with Gasteiger partial charge in [-0.3, -0.25) is 4.90 Å². The van der Waals surface area contributed by atoms with Crippen molar-refractivity contribution in [1.82, 2.24) is 9.80 Å². The van der Waals surface area contributed by atoms with Crippen LogP contribution < -0.4 is 0 Å². The molecule has 2 aliphatic heterocycles. The van der Waals surface area contributed by atoms with Gasteiger partial charge < -0.3 is 10.0 Å². The first kappa shape index (κ1) is 15.2. The molecule has 120 valence electrons. The summed E-state index contributed by atoms with van der Waals surface area (Å²) in [5.74, 6) is 1.10. The molecule has 1 saturated heterocycles. The van der Waals surface area contributed by atoms with Gasteiger partial charge in [-0.1, -0.05) is 23.9 Å². The Labute approximate surface area is 144 Å². The van der Waals surface area contributed by atoms with E-state index >= 15 is 0 Å². The van der Waals surface area contributed by atoms with E-state index < -0.39 is 0 Å². The minimum Gasteiger partial charge on any atom is -0.395 e. The fourth-order valence-corrected chi connectivity index (χ4v) is 5.00. The van der Waals surface area contributed by atoms with Crippen LogP contribution in [0.25, 0.3) is 0 Å². The Morgan fingerprint density at radius 2 is 1.87 bits per heavy atom. The molecule has 0 saturated carbocycles. The van der Waals surface area contributed by atoms with Crippen LogP contribution in [-0.4, -0.2) is 60.1 Å². The van der Waals surface area contributed by atoms with Crippen molar-refractivity contribution in [3.05, 3.63) is 40.6 Å². The normalized spacial score (nSPS) is 18.1. The quantitative estimate of drug-likeness (QED) is 0.908. The standard InChI is InChI=1S/C17H19N3OS2/c21-10-9-19-5-7-20(8-6-19)17-13-11-22-12-16(13)23-15-4-2-1-3-14(15)18-17/h1-4,11-12,21H,5-10H2. The fraction of sp³-hybridized carbons (Fsp3) is 0.353. The number of piperazine rings is 1. The number of aliphatic imine (C=N–C) groups is 1. The molecule has 0 radical (unpaired) electrons. The molecule has 2 aromatic rings. The number of aliphatic hydroxyl groups excluding tert-OH is 1. The topological polar surface area (TPSA) is 39.1 Å². The van der Waals surface area contributed by atoms with Crippen LogP contribution in [0.3, 0.4) is 0 Å². The second kappa shape index (κ2) is 6.65. The number of benzene rings is 1. The second-order valence-electron chi connectivity index (χ2n) is 5.71. The molecular weight excluding hydrogens is 326 g/mol. The highest BCUT2D eigenvalue weighted by Crippen LogP contribution is 2.41. The maximum atomic E-state index is 9.10. The third-order valence-corrected chi connectivity index (χ3v) is 6.28. The van der Waals surface area contributed by atoms with Crippen LogP contribution in [0.15, 0.2) is 49.8 Å². The summed E-state index contributed by atoms with van der Waals surface area (Å²) >= 11 is 3.56. The van der Waals surface area contributed by atoms with Gasteiger partial charge in [0.15, 0.2) is 0 Å². The summed E-state index contributed by atoms with van der Waals surface area (Å²) in [5, 5.41) is 13.5. The summed E-state index contributed by atoms with van der Waals surface area (Å²) in [6.45, 7) is 4.88. The first-order valence-electron chi connectivity index (χ1n) is 7.85. The monoisotopic (exact) mass is 345 g/mol. The van der Waals surface area contributed by atoms with Crippen LogP contribution in [0.5, 0.6) is 0 Å². The Balaban J connectivity index is 1.66. The van der Waals surface area contributed by atoms with Crippen LogP contribution in [0.2, 0.25) is 0 Å². The van der Waals surface area contributed by atoms with E-state index in [9.17, 15) is 0 Å². The van der Waals surface area contributed by atoms with Gasteiger partial charge in [-0.05, 0) is 12.1 Å². The van der Waals surface area contributed by atoms with E-state index in [0.29, 0.717) is 0 Å². The summed E-state index contributed by atoms with van der Waals surface area (Å²) in [5.41, 5.74) is 2.32. The second-order valence-corrected chi connectivity index (χ2v) is 7.53. The lowest BCUT2D eigenvalue weighted by Gasteiger charge is -2.36. The fourth-order valence-electron chi connectivity index (χ4n) is 3.02. The first-order valence-corrected chi connectivity index (χ1v) is 9.61. The molecule has 0 amide bonds. The molecule has 2 aliphatic rings. The molecule has 0 atom stereocenters. The molecule has 0 unspecified atom stereocenters. The van der Waals surface area contributed by atoms with Crippen LogP contribution in [-0.2, 0) is 0 Å². The van der Waals surface area contributed by atoms with Crippen molar-refractivity contribution >= 4 is 34.6 Å². The van der Waals surface area contributed by atoms with Gasteiger partial charge in [0.05, 0.1) is 12.3 Å². The van der Waals surface area contributed by atoms with Crippen molar-refractivity contribution in [2.24, 2.45) is 4.99 Å². The third-order valence-electron chi connectivity index (χ3n) is 4.27. The van der Waals surface area contributed by atoms with Crippen molar-refractivity contribution in [3.63, 3.8) is 0 Å². The number of thiophene rings is 1. The molecule has 23 heavy (non-hydrogen) atoms. The summed E-state index contributed by atoms with van der Waals surface area (Å²) in [6, 6.07) is 8.37. The number of aliphatic hydroxyl groups is 1. The zero-order valence-electron chi connectivity index (χ0n) is 12.8. The number of para-hydroxylation sites is 1. The number of nitrogens with zero attached hydrogens (tertiary/aromatic N) is 3. The average molecular weight is 345 g/mol. The molecule has 1 aromatic carbocycles. The van der Waals surface area contributed by atoms with Crippen LogP contribution in [0.4, 0.5) is 5.69 Å². The van der Waals surface area contributed by atoms with Crippen molar-refractivity contribution in [1.29, 1.82) is 0 Å². The number of rotatable bonds is 2. The predicted molar refractivity (Wildman–Crippen MR) is 96.2 cm³/mol. The van der Waals surface area contributed by atoms with Gasteiger partial charge in [0.25, 0.3) is 0 Å². The molecule has 3 heterocycles. The van der Waals surface area contributed by atoms with Gasteiger partial charge in [0.2, 0.25) is 0 Å². The summed E-state index contributed by atoms with van der Waals surface area (Å²) in [4.78, 5) is 12.2. The van der Waals surface area contributed by atoms with Gasteiger partial charge in [-0.2, -0.15) is 11.3 Å². The smallest absolute Gasteiger partial charge is 0.138 e.